The number of nitrogens with one attached hydrogen (secondary N) is 1. The summed E-state index contributed by atoms with van der Waals surface area (Å²) in [4.78, 5) is 0. The van der Waals surface area contributed by atoms with E-state index in [1.165, 1.54) is 0 Å². The molecule has 1 fully saturated rings. The lowest BCUT2D eigenvalue weighted by atomic mass is 9.92. The molecule has 0 spiro atoms. The Balaban J connectivity index is 2.07. The van der Waals surface area contributed by atoms with Crippen molar-refractivity contribution in [2.75, 3.05) is 19.8 Å². The molecule has 1 saturated heterocycles. The fourth-order valence-electron chi connectivity index (χ4n) is 2.29. The standard InChI is InChI=1S/C14H20ClNO2/c1-14(10-17,12-6-2-3-7-13(12)15)16-9-11-5-4-8-18-11/h2-3,6-7,11,16-17H,4-5,8-10H2,1H3. The van der Waals surface area contributed by atoms with Gasteiger partial charge in [-0.2, -0.15) is 0 Å². The van der Waals surface area contributed by atoms with Crippen molar-refractivity contribution in [2.24, 2.45) is 0 Å². The van der Waals surface area contributed by atoms with Crippen LogP contribution in [0.1, 0.15) is 25.3 Å². The van der Waals surface area contributed by atoms with Gasteiger partial charge in [0.1, 0.15) is 0 Å². The Kier molecular flexibility index (Phi) is 4.62. The molecule has 0 radical (unpaired) electrons. The summed E-state index contributed by atoms with van der Waals surface area (Å²) < 4.78 is 5.58. The summed E-state index contributed by atoms with van der Waals surface area (Å²) in [5.41, 5.74) is 0.400. The molecule has 2 atom stereocenters. The third-order valence-electron chi connectivity index (χ3n) is 3.53. The van der Waals surface area contributed by atoms with Crippen molar-refractivity contribution in [3.8, 4) is 0 Å². The van der Waals surface area contributed by atoms with Crippen molar-refractivity contribution >= 4 is 11.6 Å². The zero-order chi connectivity index (χ0) is 13.0. The van der Waals surface area contributed by atoms with E-state index in [-0.39, 0.29) is 12.7 Å². The van der Waals surface area contributed by atoms with Crippen LogP contribution in [-0.4, -0.2) is 31.0 Å². The zero-order valence-corrected chi connectivity index (χ0v) is 11.4. The summed E-state index contributed by atoms with van der Waals surface area (Å²) in [6.45, 7) is 3.54. The smallest absolute Gasteiger partial charge is 0.0700 e. The molecule has 0 aliphatic carbocycles. The molecule has 1 aromatic rings. The van der Waals surface area contributed by atoms with Crippen molar-refractivity contribution in [3.63, 3.8) is 0 Å². The van der Waals surface area contributed by atoms with Crippen LogP contribution < -0.4 is 5.32 Å². The van der Waals surface area contributed by atoms with E-state index < -0.39 is 5.54 Å². The largest absolute Gasteiger partial charge is 0.394 e. The van der Waals surface area contributed by atoms with Gasteiger partial charge >= 0.3 is 0 Å². The fraction of sp³-hybridized carbons (Fsp3) is 0.571. The molecule has 100 valence electrons. The molecule has 0 saturated carbocycles. The van der Waals surface area contributed by atoms with Crippen LogP contribution in [-0.2, 0) is 10.3 Å². The number of ether oxygens (including phenoxy) is 1. The molecular weight excluding hydrogens is 250 g/mol. The molecule has 1 aliphatic heterocycles. The first-order chi connectivity index (χ1) is 8.65. The highest BCUT2D eigenvalue weighted by Crippen LogP contribution is 2.28. The van der Waals surface area contributed by atoms with Crippen molar-refractivity contribution in [2.45, 2.75) is 31.4 Å². The first-order valence-corrected chi connectivity index (χ1v) is 6.76. The van der Waals surface area contributed by atoms with E-state index in [0.29, 0.717) is 5.02 Å². The molecule has 0 aromatic heterocycles. The normalized spacial score (nSPS) is 22.9. The van der Waals surface area contributed by atoms with Crippen molar-refractivity contribution in [3.05, 3.63) is 34.9 Å². The Bertz CT molecular complexity index is 393. The van der Waals surface area contributed by atoms with Crippen LogP contribution in [0.3, 0.4) is 0 Å². The Morgan fingerprint density at radius 1 is 1.50 bits per heavy atom. The second kappa shape index (κ2) is 6.02. The van der Waals surface area contributed by atoms with Crippen molar-refractivity contribution in [1.29, 1.82) is 0 Å². The summed E-state index contributed by atoms with van der Waals surface area (Å²) in [7, 11) is 0. The molecule has 1 aliphatic rings. The number of aliphatic hydroxyl groups is 1. The number of hydrogen-bond acceptors (Lipinski definition) is 3. The Labute approximate surface area is 113 Å². The number of benzene rings is 1. The van der Waals surface area contributed by atoms with Crippen LogP contribution in [0.15, 0.2) is 24.3 Å². The van der Waals surface area contributed by atoms with Gasteiger partial charge in [0.05, 0.1) is 18.2 Å². The van der Waals surface area contributed by atoms with Gasteiger partial charge in [-0.05, 0) is 31.4 Å². The Morgan fingerprint density at radius 2 is 2.28 bits per heavy atom. The van der Waals surface area contributed by atoms with Gasteiger partial charge in [0.15, 0.2) is 0 Å². The lowest BCUT2D eigenvalue weighted by Crippen LogP contribution is -2.46. The summed E-state index contributed by atoms with van der Waals surface area (Å²) in [5.74, 6) is 0. The van der Waals surface area contributed by atoms with E-state index in [9.17, 15) is 5.11 Å². The maximum absolute atomic E-state index is 9.68. The van der Waals surface area contributed by atoms with Crippen LogP contribution in [0.4, 0.5) is 0 Å². The highest BCUT2D eigenvalue weighted by atomic mass is 35.5. The van der Waals surface area contributed by atoms with Gasteiger partial charge < -0.3 is 15.2 Å². The van der Waals surface area contributed by atoms with Gasteiger partial charge in [0.25, 0.3) is 0 Å². The van der Waals surface area contributed by atoms with Gasteiger partial charge in [-0.3, -0.25) is 0 Å². The van der Waals surface area contributed by atoms with Crippen LogP contribution in [0.2, 0.25) is 5.02 Å². The van der Waals surface area contributed by atoms with Gasteiger partial charge in [-0.15, -0.1) is 0 Å². The first-order valence-electron chi connectivity index (χ1n) is 6.38. The average molecular weight is 270 g/mol. The van der Waals surface area contributed by atoms with Gasteiger partial charge in [0.2, 0.25) is 0 Å². The maximum atomic E-state index is 9.68. The predicted octanol–water partition coefficient (Wildman–Crippen LogP) is 2.32. The van der Waals surface area contributed by atoms with Gasteiger partial charge in [-0.25, -0.2) is 0 Å². The summed E-state index contributed by atoms with van der Waals surface area (Å²) in [5, 5.41) is 13.7. The van der Waals surface area contributed by atoms with E-state index in [4.69, 9.17) is 16.3 Å². The molecule has 4 heteroatoms. The monoisotopic (exact) mass is 269 g/mol. The molecule has 1 heterocycles. The maximum Gasteiger partial charge on any atom is 0.0700 e. The van der Waals surface area contributed by atoms with Crippen molar-refractivity contribution < 1.29 is 9.84 Å². The number of halogens is 1. The molecule has 0 amide bonds. The molecular formula is C14H20ClNO2. The Morgan fingerprint density at radius 3 is 2.89 bits per heavy atom. The number of aliphatic hydroxyl groups excluding tert-OH is 1. The molecule has 2 unspecified atom stereocenters. The molecule has 3 nitrogen and oxygen atoms in total. The number of rotatable bonds is 5. The third kappa shape index (κ3) is 3.04. The minimum absolute atomic E-state index is 0.00343. The summed E-state index contributed by atoms with van der Waals surface area (Å²) in [6.07, 6.45) is 2.45. The van der Waals surface area contributed by atoms with Crippen LogP contribution in [0, 0.1) is 0 Å². The van der Waals surface area contributed by atoms with E-state index in [1.54, 1.807) is 0 Å². The second-order valence-corrected chi connectivity index (χ2v) is 5.39. The molecule has 2 rings (SSSR count). The van der Waals surface area contributed by atoms with E-state index in [1.807, 2.05) is 31.2 Å². The average Bonchev–Trinajstić information content (AvgIpc) is 2.90. The van der Waals surface area contributed by atoms with Crippen molar-refractivity contribution in [1.82, 2.24) is 5.32 Å². The molecule has 1 aromatic carbocycles. The van der Waals surface area contributed by atoms with E-state index in [0.717, 1.165) is 31.6 Å². The second-order valence-electron chi connectivity index (χ2n) is 4.99. The number of hydrogen-bond donors (Lipinski definition) is 2. The quantitative estimate of drug-likeness (QED) is 0.862. The summed E-state index contributed by atoms with van der Waals surface area (Å²) in [6, 6.07) is 7.62. The van der Waals surface area contributed by atoms with Crippen LogP contribution in [0.25, 0.3) is 0 Å². The van der Waals surface area contributed by atoms with E-state index >= 15 is 0 Å². The molecule has 18 heavy (non-hydrogen) atoms. The van der Waals surface area contributed by atoms with E-state index in [2.05, 4.69) is 5.32 Å². The molecule has 0 bridgehead atoms. The zero-order valence-electron chi connectivity index (χ0n) is 10.7. The van der Waals surface area contributed by atoms with Gasteiger partial charge in [0, 0.05) is 18.2 Å². The Hall–Kier alpha value is -0.610. The van der Waals surface area contributed by atoms with Gasteiger partial charge in [-0.1, -0.05) is 29.8 Å². The highest BCUT2D eigenvalue weighted by Gasteiger charge is 2.29. The topological polar surface area (TPSA) is 41.5 Å². The lowest BCUT2D eigenvalue weighted by molar-refractivity contribution is 0.0910. The summed E-state index contributed by atoms with van der Waals surface area (Å²) >= 11 is 6.20. The minimum atomic E-state index is -0.524. The SMILES string of the molecule is CC(CO)(NCC1CCCO1)c1ccccc1Cl. The predicted molar refractivity (Wildman–Crippen MR) is 72.9 cm³/mol. The third-order valence-corrected chi connectivity index (χ3v) is 3.86. The minimum Gasteiger partial charge on any atom is -0.394 e. The lowest BCUT2D eigenvalue weighted by Gasteiger charge is -2.31. The highest BCUT2D eigenvalue weighted by molar-refractivity contribution is 6.31. The molecule has 2 N–H and O–H groups in total. The van der Waals surface area contributed by atoms with Crippen LogP contribution >= 0.6 is 11.6 Å². The fourth-order valence-corrected chi connectivity index (χ4v) is 2.63. The van der Waals surface area contributed by atoms with Crippen LogP contribution in [0.5, 0.6) is 0 Å². The first kappa shape index (κ1) is 13.8.